The Morgan fingerprint density at radius 3 is 1.88 bits per heavy atom. The molecule has 1 aromatic carbocycles. The fourth-order valence-corrected chi connectivity index (χ4v) is 1.62. The van der Waals surface area contributed by atoms with E-state index in [2.05, 4.69) is 0 Å². The first-order chi connectivity index (χ1) is 7.20. The Labute approximate surface area is 99.8 Å². The second kappa shape index (κ2) is 4.17. The van der Waals surface area contributed by atoms with Crippen LogP contribution in [0.4, 0.5) is 13.2 Å². The molecule has 0 saturated heterocycles. The second-order valence-electron chi connectivity index (χ2n) is 3.01. The molecule has 6 heteroatoms. The highest BCUT2D eigenvalue weighted by Gasteiger charge is 2.54. The quantitative estimate of drug-likeness (QED) is 0.775. The van der Waals surface area contributed by atoms with Gasteiger partial charge in [-0.05, 0) is 18.2 Å². The van der Waals surface area contributed by atoms with Crippen LogP contribution in [0.5, 0.6) is 0 Å². The second-order valence-corrected chi connectivity index (χ2v) is 3.88. The van der Waals surface area contributed by atoms with Crippen LogP contribution in [0.3, 0.4) is 0 Å². The van der Waals surface area contributed by atoms with E-state index in [0.717, 1.165) is 12.1 Å². The average Bonchev–Trinajstić information content (AvgIpc) is 2.13. The summed E-state index contributed by atoms with van der Waals surface area (Å²) in [6.45, 7) is 0. The van der Waals surface area contributed by atoms with Crippen LogP contribution in [0.1, 0.15) is 5.56 Å². The van der Waals surface area contributed by atoms with Gasteiger partial charge in [-0.3, -0.25) is 0 Å². The molecule has 16 heavy (non-hydrogen) atoms. The lowest BCUT2D eigenvalue weighted by Crippen LogP contribution is -2.40. The summed E-state index contributed by atoms with van der Waals surface area (Å²) in [7, 11) is 0. The largest absolute Gasteiger partial charge is 0.433 e. The van der Waals surface area contributed by atoms with Gasteiger partial charge in [0.2, 0.25) is 5.60 Å². The Bertz CT molecular complexity index is 430. The van der Waals surface area contributed by atoms with Gasteiger partial charge >= 0.3 is 6.18 Å². The van der Waals surface area contributed by atoms with E-state index in [1.165, 1.54) is 12.0 Å². The van der Waals surface area contributed by atoms with Gasteiger partial charge < -0.3 is 5.11 Å². The maximum absolute atomic E-state index is 12.6. The Kier molecular flexibility index (Phi) is 3.44. The number of alkyl halides is 3. The summed E-state index contributed by atoms with van der Waals surface area (Å²) < 4.78 is 37.7. The van der Waals surface area contributed by atoms with E-state index < -0.39 is 17.3 Å². The lowest BCUT2D eigenvalue weighted by atomic mass is 9.94. The molecule has 0 aromatic heterocycles. The van der Waals surface area contributed by atoms with Crippen LogP contribution in [0.2, 0.25) is 10.0 Å². The third-order valence-corrected chi connectivity index (χ3v) is 2.34. The maximum Gasteiger partial charge on any atom is 0.433 e. The molecule has 1 rings (SSSR count). The first-order valence-electron chi connectivity index (χ1n) is 3.94. The highest BCUT2D eigenvalue weighted by atomic mass is 35.5. The molecule has 0 spiro atoms. The van der Waals surface area contributed by atoms with Crippen molar-refractivity contribution in [1.29, 1.82) is 0 Å². The predicted octanol–water partition coefficient (Wildman–Crippen LogP) is 3.38. The fourth-order valence-electron chi connectivity index (χ4n) is 1.09. The zero-order chi connectivity index (χ0) is 12.6. The lowest BCUT2D eigenvalue weighted by Gasteiger charge is -2.25. The van der Waals surface area contributed by atoms with Gasteiger partial charge in [0, 0.05) is 15.6 Å². The van der Waals surface area contributed by atoms with Gasteiger partial charge in [-0.25, -0.2) is 0 Å². The van der Waals surface area contributed by atoms with E-state index in [1.54, 1.807) is 0 Å². The predicted molar refractivity (Wildman–Crippen MR) is 55.2 cm³/mol. The van der Waals surface area contributed by atoms with Gasteiger partial charge in [-0.2, -0.15) is 13.2 Å². The zero-order valence-corrected chi connectivity index (χ0v) is 9.16. The Hall–Kier alpha value is -0.890. The number of rotatable bonds is 1. The van der Waals surface area contributed by atoms with Crippen LogP contribution < -0.4 is 0 Å². The Morgan fingerprint density at radius 2 is 1.56 bits per heavy atom. The molecule has 1 nitrogen and oxygen atoms in total. The van der Waals surface area contributed by atoms with Crippen molar-refractivity contribution in [3.05, 3.63) is 33.8 Å². The molecular formula is C10H5Cl2F3O. The monoisotopic (exact) mass is 268 g/mol. The average molecular weight is 269 g/mol. The van der Waals surface area contributed by atoms with Crippen molar-refractivity contribution in [2.75, 3.05) is 0 Å². The summed E-state index contributed by atoms with van der Waals surface area (Å²) in [6, 6.07) is 3.07. The van der Waals surface area contributed by atoms with Crippen LogP contribution in [0.15, 0.2) is 18.2 Å². The molecule has 1 N–H and O–H groups in total. The molecule has 1 atom stereocenters. The van der Waals surface area contributed by atoms with Crippen molar-refractivity contribution in [1.82, 2.24) is 0 Å². The summed E-state index contributed by atoms with van der Waals surface area (Å²) in [5.74, 6) is 1.30. The van der Waals surface area contributed by atoms with E-state index in [1.807, 2.05) is 0 Å². The summed E-state index contributed by atoms with van der Waals surface area (Å²) >= 11 is 11.1. The first-order valence-corrected chi connectivity index (χ1v) is 4.70. The summed E-state index contributed by atoms with van der Waals surface area (Å²) in [5.41, 5.74) is -3.97. The molecule has 0 unspecified atom stereocenters. The first kappa shape index (κ1) is 13.2. The van der Waals surface area contributed by atoms with Crippen molar-refractivity contribution >= 4 is 23.2 Å². The van der Waals surface area contributed by atoms with Crippen molar-refractivity contribution < 1.29 is 18.3 Å². The number of hydrogen-bond acceptors (Lipinski definition) is 1. The van der Waals surface area contributed by atoms with Gasteiger partial charge in [0.05, 0.1) is 0 Å². The summed E-state index contributed by atoms with van der Waals surface area (Å²) in [4.78, 5) is 0. The smallest absolute Gasteiger partial charge is 0.366 e. The van der Waals surface area contributed by atoms with E-state index in [9.17, 15) is 18.3 Å². The van der Waals surface area contributed by atoms with Crippen LogP contribution in [0.25, 0.3) is 0 Å². The van der Waals surface area contributed by atoms with Crippen LogP contribution in [-0.4, -0.2) is 11.3 Å². The fraction of sp³-hybridized carbons (Fsp3) is 0.200. The molecular weight excluding hydrogens is 264 g/mol. The highest BCUT2D eigenvalue weighted by molar-refractivity contribution is 6.34. The minimum atomic E-state index is -5.00. The summed E-state index contributed by atoms with van der Waals surface area (Å²) in [6.07, 6.45) is -0.285. The van der Waals surface area contributed by atoms with Crippen LogP contribution in [-0.2, 0) is 5.60 Å². The number of aliphatic hydroxyl groups is 1. The molecule has 0 radical (unpaired) electrons. The minimum absolute atomic E-state index is 0.0413. The Balaban J connectivity index is 3.41. The number of halogens is 5. The number of benzene rings is 1. The third kappa shape index (κ3) is 2.27. The molecule has 0 heterocycles. The van der Waals surface area contributed by atoms with Crippen molar-refractivity contribution in [3.8, 4) is 12.3 Å². The van der Waals surface area contributed by atoms with Gasteiger partial charge in [0.15, 0.2) is 0 Å². The van der Waals surface area contributed by atoms with E-state index in [0.29, 0.717) is 0 Å². The van der Waals surface area contributed by atoms with E-state index in [4.69, 9.17) is 29.6 Å². The zero-order valence-electron chi connectivity index (χ0n) is 7.65. The maximum atomic E-state index is 12.6. The molecule has 0 aliphatic rings. The summed E-state index contributed by atoms with van der Waals surface area (Å²) in [5, 5.41) is 9.32. The number of terminal acetylenes is 1. The van der Waals surface area contributed by atoms with Gasteiger partial charge in [0.25, 0.3) is 0 Å². The molecule has 86 valence electrons. The number of hydrogen-bond donors (Lipinski definition) is 1. The highest BCUT2D eigenvalue weighted by Crippen LogP contribution is 2.40. The van der Waals surface area contributed by atoms with Crippen molar-refractivity contribution in [2.45, 2.75) is 11.8 Å². The topological polar surface area (TPSA) is 20.2 Å². The Morgan fingerprint density at radius 1 is 1.12 bits per heavy atom. The van der Waals surface area contributed by atoms with E-state index in [-0.39, 0.29) is 10.0 Å². The van der Waals surface area contributed by atoms with Crippen LogP contribution >= 0.6 is 23.2 Å². The van der Waals surface area contributed by atoms with Crippen molar-refractivity contribution in [2.24, 2.45) is 0 Å². The molecule has 0 aliphatic heterocycles. The van der Waals surface area contributed by atoms with E-state index >= 15 is 0 Å². The van der Waals surface area contributed by atoms with Gasteiger partial charge in [-0.1, -0.05) is 29.1 Å². The lowest BCUT2D eigenvalue weighted by molar-refractivity contribution is -0.240. The van der Waals surface area contributed by atoms with Crippen molar-refractivity contribution in [3.63, 3.8) is 0 Å². The van der Waals surface area contributed by atoms with Gasteiger partial charge in [0.1, 0.15) is 0 Å². The van der Waals surface area contributed by atoms with Crippen LogP contribution in [0, 0.1) is 12.3 Å². The molecule has 0 bridgehead atoms. The molecule has 0 amide bonds. The third-order valence-electron chi connectivity index (χ3n) is 1.90. The SMILES string of the molecule is C#C[C@@](O)(c1cc(Cl)cc(Cl)c1)C(F)(F)F. The minimum Gasteiger partial charge on any atom is -0.366 e. The molecule has 1 aromatic rings. The molecule has 0 fully saturated rings. The molecule has 0 aliphatic carbocycles. The van der Waals surface area contributed by atoms with Gasteiger partial charge in [-0.15, -0.1) is 6.42 Å². The normalized spacial score (nSPS) is 15.3. The standard InChI is InChI=1S/C10H5Cl2F3O/c1-2-9(16,10(13,14)15)6-3-7(11)5-8(12)4-6/h1,3-5,16H/t9-/m1/s1. The molecule has 0 saturated carbocycles.